The molecule has 0 aromatic heterocycles. The van der Waals surface area contributed by atoms with E-state index in [0.717, 1.165) is 0 Å². The Hall–Kier alpha value is -2.30. The predicted molar refractivity (Wildman–Crippen MR) is 64.0 cm³/mol. The molecule has 0 aromatic rings. The summed E-state index contributed by atoms with van der Waals surface area (Å²) < 4.78 is 15.3. The maximum Gasteiger partial charge on any atom is 0.303 e. The molecule has 1 fully saturated rings. The average molecular weight is 282 g/mol. The number of esters is 2. The molecule has 0 aromatic carbocycles. The van der Waals surface area contributed by atoms with Crippen LogP contribution in [0.2, 0.25) is 0 Å². The molecule has 1 unspecified atom stereocenters. The minimum Gasteiger partial charge on any atom is -0.463 e. The summed E-state index contributed by atoms with van der Waals surface area (Å²) in [4.78, 5) is 24.6. The van der Waals surface area contributed by atoms with Gasteiger partial charge in [0.2, 0.25) is 0 Å². The number of nitriles is 1. The topological polar surface area (TPSA) is 134 Å². The highest BCUT2D eigenvalue weighted by Gasteiger charge is 2.41. The maximum atomic E-state index is 11.1. The zero-order valence-electron chi connectivity index (χ0n) is 11.1. The summed E-state index contributed by atoms with van der Waals surface area (Å²) in [5.74, 6) is -1.12. The monoisotopic (exact) mass is 282 g/mol. The van der Waals surface area contributed by atoms with Gasteiger partial charge in [0, 0.05) is 18.8 Å². The van der Waals surface area contributed by atoms with Crippen molar-refractivity contribution in [1.82, 2.24) is 0 Å². The number of carbonyl (C=O) groups excluding carboxylic acids is 2. The lowest BCUT2D eigenvalue weighted by Gasteiger charge is -2.36. The van der Waals surface area contributed by atoms with Crippen molar-refractivity contribution in [2.24, 2.45) is 5.11 Å². The second kappa shape index (κ2) is 7.33. The van der Waals surface area contributed by atoms with Gasteiger partial charge in [0.15, 0.2) is 0 Å². The van der Waals surface area contributed by atoms with Crippen LogP contribution in [-0.2, 0) is 23.8 Å². The first-order valence-electron chi connectivity index (χ1n) is 5.87. The number of azide groups is 1. The second-order valence-electron chi connectivity index (χ2n) is 4.18. The highest BCUT2D eigenvalue weighted by atomic mass is 16.6. The van der Waals surface area contributed by atoms with Crippen molar-refractivity contribution in [3.63, 3.8) is 0 Å². The average Bonchev–Trinajstić information content (AvgIpc) is 2.38. The summed E-state index contributed by atoms with van der Waals surface area (Å²) in [5, 5.41) is 12.4. The third-order valence-electron chi connectivity index (χ3n) is 2.64. The SMILES string of the molecule is CC(=O)OC[C@H]1O[C@@H](C#N)CC(N=[N+]=[N-])[C@H]1OC(C)=O. The van der Waals surface area contributed by atoms with Gasteiger partial charge < -0.3 is 14.2 Å². The minimum absolute atomic E-state index is 0.106. The minimum atomic E-state index is -0.896. The first-order chi connectivity index (χ1) is 9.47. The number of hydrogen-bond acceptors (Lipinski definition) is 7. The lowest BCUT2D eigenvalue weighted by Crippen LogP contribution is -2.51. The first kappa shape index (κ1) is 15.8. The molecular weight excluding hydrogens is 268 g/mol. The van der Waals surface area contributed by atoms with Crippen LogP contribution in [0.4, 0.5) is 0 Å². The van der Waals surface area contributed by atoms with Gasteiger partial charge in [-0.1, -0.05) is 5.11 Å². The van der Waals surface area contributed by atoms with Crippen LogP contribution in [0.3, 0.4) is 0 Å². The maximum absolute atomic E-state index is 11.1. The highest BCUT2D eigenvalue weighted by Crippen LogP contribution is 2.26. The molecule has 0 amide bonds. The van der Waals surface area contributed by atoms with Crippen LogP contribution < -0.4 is 0 Å². The van der Waals surface area contributed by atoms with Gasteiger partial charge >= 0.3 is 11.9 Å². The molecule has 0 radical (unpaired) electrons. The van der Waals surface area contributed by atoms with E-state index >= 15 is 0 Å². The zero-order valence-corrected chi connectivity index (χ0v) is 11.1. The van der Waals surface area contributed by atoms with Crippen LogP contribution in [0.15, 0.2) is 5.11 Å². The Bertz CT molecular complexity index is 468. The molecule has 9 heteroatoms. The Morgan fingerprint density at radius 3 is 2.70 bits per heavy atom. The van der Waals surface area contributed by atoms with E-state index in [2.05, 4.69) is 10.0 Å². The van der Waals surface area contributed by atoms with E-state index in [1.807, 2.05) is 6.07 Å². The summed E-state index contributed by atoms with van der Waals surface area (Å²) in [6, 6.07) is 1.15. The van der Waals surface area contributed by atoms with Crippen LogP contribution in [0, 0.1) is 11.3 Å². The Morgan fingerprint density at radius 1 is 1.50 bits per heavy atom. The lowest BCUT2D eigenvalue weighted by molar-refractivity contribution is -0.178. The van der Waals surface area contributed by atoms with Gasteiger partial charge in [-0.05, 0) is 12.0 Å². The molecule has 0 N–H and O–H groups in total. The third-order valence-corrected chi connectivity index (χ3v) is 2.64. The Kier molecular flexibility index (Phi) is 5.77. The standard InChI is InChI=1S/C11H14N4O5/c1-6(16)18-5-10-11(19-7(2)17)9(14-15-13)3-8(4-12)20-10/h8-11H,3,5H2,1-2H3/t8-,9?,10-,11-/m1/s1. The van der Waals surface area contributed by atoms with Gasteiger partial charge in [0.05, 0.1) is 12.1 Å². The van der Waals surface area contributed by atoms with Gasteiger partial charge in [-0.15, -0.1) is 0 Å². The molecule has 108 valence electrons. The normalized spacial score (nSPS) is 28.6. The summed E-state index contributed by atoms with van der Waals surface area (Å²) in [6.07, 6.45) is -2.46. The highest BCUT2D eigenvalue weighted by molar-refractivity contribution is 5.66. The summed E-state index contributed by atoms with van der Waals surface area (Å²) in [7, 11) is 0. The van der Waals surface area contributed by atoms with Crippen molar-refractivity contribution in [1.29, 1.82) is 5.26 Å². The fraction of sp³-hybridized carbons (Fsp3) is 0.727. The van der Waals surface area contributed by atoms with Crippen LogP contribution >= 0.6 is 0 Å². The van der Waals surface area contributed by atoms with E-state index in [1.165, 1.54) is 13.8 Å². The van der Waals surface area contributed by atoms with E-state index in [4.69, 9.17) is 25.0 Å². The molecular formula is C11H14N4O5. The zero-order chi connectivity index (χ0) is 15.1. The Labute approximate surface area is 115 Å². The summed E-state index contributed by atoms with van der Waals surface area (Å²) in [6.45, 7) is 2.23. The molecule has 0 spiro atoms. The van der Waals surface area contributed by atoms with Crippen molar-refractivity contribution in [2.75, 3.05) is 6.61 Å². The van der Waals surface area contributed by atoms with E-state index in [-0.39, 0.29) is 13.0 Å². The van der Waals surface area contributed by atoms with Crippen LogP contribution in [-0.4, -0.2) is 42.9 Å². The molecule has 1 heterocycles. The fourth-order valence-corrected chi connectivity index (χ4v) is 1.89. The van der Waals surface area contributed by atoms with Crippen molar-refractivity contribution in [3.8, 4) is 6.07 Å². The van der Waals surface area contributed by atoms with E-state index in [1.54, 1.807) is 0 Å². The predicted octanol–water partition coefficient (Wildman–Crippen LogP) is 0.841. The first-order valence-corrected chi connectivity index (χ1v) is 5.87. The molecule has 4 atom stereocenters. The Morgan fingerprint density at radius 2 is 2.20 bits per heavy atom. The Balaban J connectivity index is 2.91. The lowest BCUT2D eigenvalue weighted by atomic mass is 9.96. The third kappa shape index (κ3) is 4.42. The number of rotatable bonds is 4. The van der Waals surface area contributed by atoms with Gasteiger partial charge in [0.1, 0.15) is 24.9 Å². The molecule has 0 bridgehead atoms. The van der Waals surface area contributed by atoms with Crippen molar-refractivity contribution >= 4 is 11.9 Å². The van der Waals surface area contributed by atoms with Gasteiger partial charge in [-0.25, -0.2) is 0 Å². The van der Waals surface area contributed by atoms with Crippen molar-refractivity contribution in [2.45, 2.75) is 44.6 Å². The molecule has 0 aliphatic carbocycles. The summed E-state index contributed by atoms with van der Waals surface area (Å²) >= 11 is 0. The van der Waals surface area contributed by atoms with Crippen LogP contribution in [0.5, 0.6) is 0 Å². The molecule has 1 saturated heterocycles. The van der Waals surface area contributed by atoms with Crippen LogP contribution in [0.1, 0.15) is 20.3 Å². The molecule has 1 rings (SSSR count). The number of ether oxygens (including phenoxy) is 3. The summed E-state index contributed by atoms with van der Waals surface area (Å²) in [5.41, 5.74) is 8.54. The molecule has 1 aliphatic heterocycles. The van der Waals surface area contributed by atoms with Crippen molar-refractivity contribution < 1.29 is 23.8 Å². The van der Waals surface area contributed by atoms with E-state index < -0.39 is 36.3 Å². The number of nitrogens with zero attached hydrogens (tertiary/aromatic N) is 4. The van der Waals surface area contributed by atoms with E-state index in [0.29, 0.717) is 0 Å². The second-order valence-corrected chi connectivity index (χ2v) is 4.18. The van der Waals surface area contributed by atoms with Crippen LogP contribution in [0.25, 0.3) is 10.4 Å². The van der Waals surface area contributed by atoms with Gasteiger partial charge in [-0.2, -0.15) is 5.26 Å². The smallest absolute Gasteiger partial charge is 0.303 e. The largest absolute Gasteiger partial charge is 0.463 e. The number of carbonyl (C=O) groups is 2. The fourth-order valence-electron chi connectivity index (χ4n) is 1.89. The quantitative estimate of drug-likeness (QED) is 0.324. The van der Waals surface area contributed by atoms with Gasteiger partial charge in [-0.3, -0.25) is 9.59 Å². The van der Waals surface area contributed by atoms with Gasteiger partial charge in [0.25, 0.3) is 0 Å². The van der Waals surface area contributed by atoms with Crippen molar-refractivity contribution in [3.05, 3.63) is 10.4 Å². The van der Waals surface area contributed by atoms with E-state index in [9.17, 15) is 9.59 Å². The molecule has 20 heavy (non-hydrogen) atoms. The molecule has 1 aliphatic rings. The number of hydrogen-bond donors (Lipinski definition) is 0. The molecule has 9 nitrogen and oxygen atoms in total. The molecule has 0 saturated carbocycles.